The van der Waals surface area contributed by atoms with Crippen molar-refractivity contribution in [2.75, 3.05) is 0 Å². The third-order valence-electron chi connectivity index (χ3n) is 4.48. The molecule has 0 saturated carbocycles. The van der Waals surface area contributed by atoms with Gasteiger partial charge in [0.2, 0.25) is 11.8 Å². The Morgan fingerprint density at radius 2 is 1.53 bits per heavy atom. The number of esters is 2. The number of carbonyl (C=O) groups is 4. The van der Waals surface area contributed by atoms with Gasteiger partial charge in [0.1, 0.15) is 6.04 Å². The van der Waals surface area contributed by atoms with Crippen LogP contribution in [0.1, 0.15) is 19.3 Å². The Balaban J connectivity index is 1.68. The molecule has 5 atom stereocenters. The molecule has 0 N–H and O–H groups in total. The van der Waals surface area contributed by atoms with Gasteiger partial charge in [-0.15, -0.1) is 0 Å². The highest BCUT2D eigenvalue weighted by Gasteiger charge is 2.64. The van der Waals surface area contributed by atoms with E-state index >= 15 is 0 Å². The fourth-order valence-electron chi connectivity index (χ4n) is 3.70. The summed E-state index contributed by atoms with van der Waals surface area (Å²) in [5.41, 5.74) is 0. The van der Waals surface area contributed by atoms with Crippen molar-refractivity contribution in [3.8, 4) is 0 Å². The maximum absolute atomic E-state index is 12.3. The Morgan fingerprint density at radius 3 is 2.00 bits per heavy atom. The Bertz CT molecular complexity index is 500. The predicted molar refractivity (Wildman–Crippen MR) is 56.2 cm³/mol. The average molecular weight is 265 g/mol. The lowest BCUT2D eigenvalue weighted by atomic mass is 9.81. The van der Waals surface area contributed by atoms with Crippen LogP contribution in [0.5, 0.6) is 0 Å². The molecule has 7 heteroatoms. The highest BCUT2D eigenvalue weighted by molar-refractivity contribution is 6.11. The van der Waals surface area contributed by atoms with E-state index in [4.69, 9.17) is 4.74 Å². The van der Waals surface area contributed by atoms with Crippen molar-refractivity contribution >= 4 is 23.8 Å². The Hall–Kier alpha value is -1.76. The first kappa shape index (κ1) is 11.1. The maximum Gasteiger partial charge on any atom is 0.337 e. The first-order valence-electron chi connectivity index (χ1n) is 6.35. The Kier molecular flexibility index (Phi) is 1.99. The molecule has 2 bridgehead atoms. The number of cyclic esters (lactones) is 2. The quantitative estimate of drug-likeness (QED) is 0.343. The third-order valence-corrected chi connectivity index (χ3v) is 4.48. The molecular formula is C12H11NO6. The monoisotopic (exact) mass is 265 g/mol. The van der Waals surface area contributed by atoms with Crippen molar-refractivity contribution in [3.05, 3.63) is 0 Å². The maximum atomic E-state index is 12.3. The minimum atomic E-state index is -1.07. The molecule has 4 saturated heterocycles. The van der Waals surface area contributed by atoms with Crippen LogP contribution in [-0.2, 0) is 28.7 Å². The Morgan fingerprint density at radius 1 is 0.947 bits per heavy atom. The fourth-order valence-corrected chi connectivity index (χ4v) is 3.70. The van der Waals surface area contributed by atoms with E-state index in [9.17, 15) is 19.2 Å². The number of likely N-dealkylation sites (tertiary alicyclic amines) is 1. The van der Waals surface area contributed by atoms with Crippen molar-refractivity contribution < 1.29 is 28.7 Å². The molecule has 19 heavy (non-hydrogen) atoms. The predicted octanol–water partition coefficient (Wildman–Crippen LogP) is -1.01. The molecule has 0 spiro atoms. The lowest BCUT2D eigenvalue weighted by Crippen LogP contribution is -2.44. The zero-order valence-corrected chi connectivity index (χ0v) is 9.90. The molecule has 0 aromatic heterocycles. The largest absolute Gasteiger partial charge is 0.392 e. The normalized spacial score (nSPS) is 44.2. The fraction of sp³-hybridized carbons (Fsp3) is 0.667. The molecule has 2 amide bonds. The van der Waals surface area contributed by atoms with Gasteiger partial charge in [0.05, 0.1) is 30.5 Å². The van der Waals surface area contributed by atoms with Gasteiger partial charge in [-0.25, -0.2) is 4.79 Å². The van der Waals surface area contributed by atoms with Gasteiger partial charge >= 0.3 is 11.9 Å². The summed E-state index contributed by atoms with van der Waals surface area (Å²) in [5, 5.41) is 0. The summed E-state index contributed by atoms with van der Waals surface area (Å²) >= 11 is 0. The number of imide groups is 1. The number of carbonyl (C=O) groups excluding carboxylic acids is 4. The Labute approximate surface area is 107 Å². The second kappa shape index (κ2) is 3.41. The SMILES string of the molecule is O=C1CC(N2C(=O)C3C4CCC(O4)C3C2=O)C(=O)O1. The van der Waals surface area contributed by atoms with Crippen LogP contribution in [0.15, 0.2) is 0 Å². The van der Waals surface area contributed by atoms with E-state index in [2.05, 4.69) is 4.74 Å². The number of hydrogen-bond donors (Lipinski definition) is 0. The van der Waals surface area contributed by atoms with E-state index in [-0.39, 0.29) is 30.4 Å². The molecule has 0 radical (unpaired) electrons. The lowest BCUT2D eigenvalue weighted by molar-refractivity contribution is -0.158. The zero-order valence-electron chi connectivity index (χ0n) is 9.90. The smallest absolute Gasteiger partial charge is 0.337 e. The van der Waals surface area contributed by atoms with Crippen LogP contribution in [0, 0.1) is 11.8 Å². The summed E-state index contributed by atoms with van der Waals surface area (Å²) in [6, 6.07) is -1.07. The molecular weight excluding hydrogens is 254 g/mol. The van der Waals surface area contributed by atoms with Crippen molar-refractivity contribution in [1.29, 1.82) is 0 Å². The standard InChI is InChI=1S/C12H11NO6/c14-7-3-4(12(17)19-7)13-10(15)8-5-1-2-6(18-5)9(8)11(13)16/h4-6,8-9H,1-3H2. The molecule has 0 aromatic carbocycles. The summed E-state index contributed by atoms with van der Waals surface area (Å²) < 4.78 is 10.0. The highest BCUT2D eigenvalue weighted by Crippen LogP contribution is 2.49. The van der Waals surface area contributed by atoms with E-state index < -0.39 is 29.8 Å². The van der Waals surface area contributed by atoms with Gasteiger partial charge in [0.25, 0.3) is 0 Å². The molecule has 100 valence electrons. The van der Waals surface area contributed by atoms with Crippen molar-refractivity contribution in [2.45, 2.75) is 37.5 Å². The molecule has 4 fully saturated rings. The molecule has 4 heterocycles. The van der Waals surface area contributed by atoms with Crippen LogP contribution in [0.2, 0.25) is 0 Å². The van der Waals surface area contributed by atoms with Crippen molar-refractivity contribution in [2.24, 2.45) is 11.8 Å². The van der Waals surface area contributed by atoms with Gasteiger partial charge in [-0.2, -0.15) is 0 Å². The van der Waals surface area contributed by atoms with Gasteiger partial charge in [-0.3, -0.25) is 19.3 Å². The van der Waals surface area contributed by atoms with Gasteiger partial charge < -0.3 is 9.47 Å². The van der Waals surface area contributed by atoms with Crippen molar-refractivity contribution in [1.82, 2.24) is 4.90 Å². The van der Waals surface area contributed by atoms with Gasteiger partial charge in [0.15, 0.2) is 0 Å². The minimum Gasteiger partial charge on any atom is -0.392 e. The molecule has 7 nitrogen and oxygen atoms in total. The number of hydrogen-bond acceptors (Lipinski definition) is 6. The summed E-state index contributed by atoms with van der Waals surface area (Å²) in [6.07, 6.45) is 0.875. The van der Waals surface area contributed by atoms with E-state index in [1.54, 1.807) is 0 Å². The first-order chi connectivity index (χ1) is 9.08. The number of fused-ring (bicyclic) bond motifs is 5. The van der Waals surface area contributed by atoms with Gasteiger partial charge in [-0.05, 0) is 12.8 Å². The van der Waals surface area contributed by atoms with Gasteiger partial charge in [0, 0.05) is 0 Å². The summed E-state index contributed by atoms with van der Waals surface area (Å²) in [4.78, 5) is 48.3. The van der Waals surface area contributed by atoms with Crippen LogP contribution >= 0.6 is 0 Å². The van der Waals surface area contributed by atoms with Crippen LogP contribution in [0.25, 0.3) is 0 Å². The topological polar surface area (TPSA) is 90.0 Å². The van der Waals surface area contributed by atoms with E-state index in [0.29, 0.717) is 0 Å². The van der Waals surface area contributed by atoms with E-state index in [1.165, 1.54) is 0 Å². The number of nitrogens with zero attached hydrogens (tertiary/aromatic N) is 1. The molecule has 4 rings (SSSR count). The molecule has 5 unspecified atom stereocenters. The minimum absolute atomic E-state index is 0.218. The summed E-state index contributed by atoms with van der Waals surface area (Å²) in [5.74, 6) is -3.23. The lowest BCUT2D eigenvalue weighted by Gasteiger charge is -2.20. The third kappa shape index (κ3) is 1.25. The number of ether oxygens (including phenoxy) is 2. The molecule has 4 aliphatic heterocycles. The second-order valence-electron chi connectivity index (χ2n) is 5.40. The van der Waals surface area contributed by atoms with Crippen molar-refractivity contribution in [3.63, 3.8) is 0 Å². The first-order valence-corrected chi connectivity index (χ1v) is 6.35. The zero-order chi connectivity index (χ0) is 13.3. The summed E-state index contributed by atoms with van der Waals surface area (Å²) in [7, 11) is 0. The number of amides is 2. The highest BCUT2D eigenvalue weighted by atomic mass is 16.6. The van der Waals surface area contributed by atoms with Crippen LogP contribution in [0.3, 0.4) is 0 Å². The van der Waals surface area contributed by atoms with Crippen LogP contribution in [-0.4, -0.2) is 46.9 Å². The average Bonchev–Trinajstić information content (AvgIpc) is 3.06. The molecule has 0 aliphatic carbocycles. The summed E-state index contributed by atoms with van der Waals surface area (Å²) in [6.45, 7) is 0. The van der Waals surface area contributed by atoms with Crippen LogP contribution < -0.4 is 0 Å². The van der Waals surface area contributed by atoms with Gasteiger partial charge in [-0.1, -0.05) is 0 Å². The van der Waals surface area contributed by atoms with Crippen LogP contribution in [0.4, 0.5) is 0 Å². The second-order valence-corrected chi connectivity index (χ2v) is 5.40. The number of rotatable bonds is 1. The molecule has 0 aromatic rings. The molecule has 4 aliphatic rings. The van der Waals surface area contributed by atoms with E-state index in [1.807, 2.05) is 0 Å². The van der Waals surface area contributed by atoms with E-state index in [0.717, 1.165) is 17.7 Å².